The Morgan fingerprint density at radius 2 is 1.27 bits per heavy atom. The molecule has 0 saturated carbocycles. The lowest BCUT2D eigenvalue weighted by atomic mass is 9.87. The van der Waals surface area contributed by atoms with Crippen LogP contribution >= 0.6 is 0 Å². The van der Waals surface area contributed by atoms with E-state index in [4.69, 9.17) is 11.5 Å². The quantitative estimate of drug-likeness (QED) is 0.559. The minimum atomic E-state index is 0.820. The summed E-state index contributed by atoms with van der Waals surface area (Å²) < 4.78 is 0. The van der Waals surface area contributed by atoms with E-state index in [1.165, 1.54) is 33.4 Å². The lowest BCUT2D eigenvalue weighted by Crippen LogP contribution is -2.01. The molecule has 0 spiro atoms. The van der Waals surface area contributed by atoms with E-state index in [1.807, 2.05) is 24.3 Å². The van der Waals surface area contributed by atoms with Crippen LogP contribution in [0.25, 0.3) is 0 Å². The van der Waals surface area contributed by atoms with E-state index >= 15 is 0 Å². The first-order valence-electron chi connectivity index (χ1n) is 9.23. The van der Waals surface area contributed by atoms with Crippen molar-refractivity contribution in [1.29, 1.82) is 0 Å². The van der Waals surface area contributed by atoms with E-state index in [1.54, 1.807) is 0 Å². The summed E-state index contributed by atoms with van der Waals surface area (Å²) in [7, 11) is 0. The van der Waals surface area contributed by atoms with E-state index in [0.29, 0.717) is 0 Å². The molecule has 0 amide bonds. The summed E-state index contributed by atoms with van der Waals surface area (Å²) in [6, 6.07) is 16.4. The number of rotatable bonds is 4. The van der Waals surface area contributed by atoms with Crippen LogP contribution in [0.4, 0.5) is 11.4 Å². The minimum absolute atomic E-state index is 0.820. The zero-order valence-electron chi connectivity index (χ0n) is 15.8. The summed E-state index contributed by atoms with van der Waals surface area (Å²) >= 11 is 0. The molecule has 0 heterocycles. The van der Waals surface area contributed by atoms with Gasteiger partial charge in [-0.2, -0.15) is 0 Å². The van der Waals surface area contributed by atoms with Gasteiger partial charge in [-0.1, -0.05) is 53.1 Å². The second-order valence-electron chi connectivity index (χ2n) is 7.31. The Bertz CT molecular complexity index is 850. The van der Waals surface area contributed by atoms with Crippen molar-refractivity contribution in [3.8, 4) is 0 Å². The molecule has 1 aliphatic carbocycles. The first kappa shape index (κ1) is 18.1. The topological polar surface area (TPSA) is 52.0 Å². The number of nitrogens with two attached hydrogens (primary N) is 2. The van der Waals surface area contributed by atoms with Crippen LogP contribution in [0.3, 0.4) is 0 Å². The number of benzene rings is 2. The molecule has 4 N–H and O–H groups in total. The van der Waals surface area contributed by atoms with Crippen molar-refractivity contribution in [3.05, 3.63) is 94.1 Å². The Morgan fingerprint density at radius 1 is 0.769 bits per heavy atom. The molecule has 2 nitrogen and oxygen atoms in total. The number of hydrogen-bond acceptors (Lipinski definition) is 2. The molecule has 134 valence electrons. The van der Waals surface area contributed by atoms with Crippen LogP contribution < -0.4 is 11.5 Å². The molecule has 2 heteroatoms. The Labute approximate surface area is 156 Å². The monoisotopic (exact) mass is 344 g/mol. The maximum Gasteiger partial charge on any atom is 0.0314 e. The number of nitrogen functional groups attached to an aromatic ring is 2. The number of anilines is 2. The number of allylic oxidation sites excluding steroid dienone is 6. The summed E-state index contributed by atoms with van der Waals surface area (Å²) in [6.07, 6.45) is 8.68. The van der Waals surface area contributed by atoms with Gasteiger partial charge >= 0.3 is 0 Å². The standard InChI is InChI=1S/C24H28N2/c1-17(14-19-6-10-23(25)11-7-19)21-4-3-5-22(16-21)18(2)15-20-8-12-24(26)13-9-20/h3-4,6-13H,5,14-16,25-26H2,1-2H3. The Hall–Kier alpha value is -2.74. The van der Waals surface area contributed by atoms with Gasteiger partial charge in [0.1, 0.15) is 0 Å². The molecule has 0 fully saturated rings. The van der Waals surface area contributed by atoms with Crippen LogP contribution in [-0.2, 0) is 12.8 Å². The van der Waals surface area contributed by atoms with Crippen LogP contribution in [0.15, 0.2) is 83.0 Å². The second kappa shape index (κ2) is 8.09. The molecule has 0 radical (unpaired) electrons. The van der Waals surface area contributed by atoms with E-state index in [2.05, 4.69) is 50.3 Å². The molecular formula is C24H28N2. The van der Waals surface area contributed by atoms with Gasteiger partial charge in [0.05, 0.1) is 0 Å². The Balaban J connectivity index is 1.74. The fourth-order valence-corrected chi connectivity index (χ4v) is 3.44. The fourth-order valence-electron chi connectivity index (χ4n) is 3.44. The first-order chi connectivity index (χ1) is 12.5. The second-order valence-corrected chi connectivity index (χ2v) is 7.31. The molecule has 0 atom stereocenters. The van der Waals surface area contributed by atoms with Gasteiger partial charge in [0.15, 0.2) is 0 Å². The molecule has 3 rings (SSSR count). The molecule has 1 aliphatic rings. The smallest absolute Gasteiger partial charge is 0.0314 e. The largest absolute Gasteiger partial charge is 0.399 e. The van der Waals surface area contributed by atoms with Crippen LogP contribution in [0, 0.1) is 0 Å². The third kappa shape index (κ3) is 4.66. The van der Waals surface area contributed by atoms with Crippen LogP contribution in [-0.4, -0.2) is 0 Å². The van der Waals surface area contributed by atoms with E-state index in [9.17, 15) is 0 Å². The van der Waals surface area contributed by atoms with Crippen LogP contribution in [0.5, 0.6) is 0 Å². The molecule has 2 aromatic rings. The average Bonchev–Trinajstić information content (AvgIpc) is 2.65. The zero-order valence-corrected chi connectivity index (χ0v) is 15.8. The van der Waals surface area contributed by atoms with Gasteiger partial charge in [-0.05, 0) is 80.5 Å². The molecule has 0 aliphatic heterocycles. The molecule has 0 aromatic heterocycles. The van der Waals surface area contributed by atoms with E-state index in [0.717, 1.165) is 37.1 Å². The molecular weight excluding hydrogens is 316 g/mol. The highest BCUT2D eigenvalue weighted by Crippen LogP contribution is 2.29. The summed E-state index contributed by atoms with van der Waals surface area (Å²) in [4.78, 5) is 0. The van der Waals surface area contributed by atoms with Gasteiger partial charge in [-0.15, -0.1) is 0 Å². The summed E-state index contributed by atoms with van der Waals surface area (Å²) in [5.41, 5.74) is 21.7. The van der Waals surface area contributed by atoms with Crippen molar-refractivity contribution < 1.29 is 0 Å². The van der Waals surface area contributed by atoms with Crippen molar-refractivity contribution >= 4 is 11.4 Å². The Morgan fingerprint density at radius 3 is 1.81 bits per heavy atom. The first-order valence-corrected chi connectivity index (χ1v) is 9.23. The van der Waals surface area contributed by atoms with Gasteiger partial charge in [-0.25, -0.2) is 0 Å². The highest BCUT2D eigenvalue weighted by molar-refractivity contribution is 5.44. The van der Waals surface area contributed by atoms with Gasteiger partial charge in [0.25, 0.3) is 0 Å². The van der Waals surface area contributed by atoms with Crippen molar-refractivity contribution in [3.63, 3.8) is 0 Å². The maximum absolute atomic E-state index is 5.79. The third-order valence-corrected chi connectivity index (χ3v) is 5.14. The maximum atomic E-state index is 5.79. The van der Waals surface area contributed by atoms with Crippen molar-refractivity contribution in [2.45, 2.75) is 39.5 Å². The average molecular weight is 345 g/mol. The van der Waals surface area contributed by atoms with E-state index < -0.39 is 0 Å². The van der Waals surface area contributed by atoms with Gasteiger partial charge in [0, 0.05) is 11.4 Å². The van der Waals surface area contributed by atoms with Crippen molar-refractivity contribution in [2.75, 3.05) is 11.5 Å². The van der Waals surface area contributed by atoms with Crippen LogP contribution in [0.1, 0.15) is 37.8 Å². The number of hydrogen-bond donors (Lipinski definition) is 2. The third-order valence-electron chi connectivity index (χ3n) is 5.14. The molecule has 0 bridgehead atoms. The lowest BCUT2D eigenvalue weighted by Gasteiger charge is -2.19. The molecule has 2 aromatic carbocycles. The normalized spacial score (nSPS) is 17.9. The van der Waals surface area contributed by atoms with Crippen molar-refractivity contribution in [1.82, 2.24) is 0 Å². The SMILES string of the molecule is CC(Cc1ccc(N)cc1)=C1C=CCC(=C(C)Cc2ccc(N)cc2)C1. The Kier molecular flexibility index (Phi) is 5.62. The predicted molar refractivity (Wildman–Crippen MR) is 113 cm³/mol. The zero-order chi connectivity index (χ0) is 18.5. The van der Waals surface area contributed by atoms with Gasteiger partial charge < -0.3 is 11.5 Å². The summed E-state index contributed by atoms with van der Waals surface area (Å²) in [6.45, 7) is 4.51. The highest BCUT2D eigenvalue weighted by Gasteiger charge is 2.11. The predicted octanol–water partition coefficient (Wildman–Crippen LogP) is 5.62. The van der Waals surface area contributed by atoms with E-state index in [-0.39, 0.29) is 0 Å². The minimum Gasteiger partial charge on any atom is -0.399 e. The highest BCUT2D eigenvalue weighted by atomic mass is 14.5. The van der Waals surface area contributed by atoms with Gasteiger partial charge in [0.2, 0.25) is 0 Å². The lowest BCUT2D eigenvalue weighted by molar-refractivity contribution is 0.938. The summed E-state index contributed by atoms with van der Waals surface area (Å²) in [5, 5.41) is 0. The molecule has 0 saturated heterocycles. The molecule has 26 heavy (non-hydrogen) atoms. The van der Waals surface area contributed by atoms with Crippen molar-refractivity contribution in [2.24, 2.45) is 0 Å². The van der Waals surface area contributed by atoms with Crippen LogP contribution in [0.2, 0.25) is 0 Å². The molecule has 0 unspecified atom stereocenters. The van der Waals surface area contributed by atoms with Gasteiger partial charge in [-0.3, -0.25) is 0 Å². The summed E-state index contributed by atoms with van der Waals surface area (Å²) in [5.74, 6) is 0. The fraction of sp³-hybridized carbons (Fsp3) is 0.250.